The summed E-state index contributed by atoms with van der Waals surface area (Å²) in [5.41, 5.74) is 6.30. The molecule has 0 fully saturated rings. The Kier molecular flexibility index (Phi) is 3.44. The van der Waals surface area contributed by atoms with E-state index in [-0.39, 0.29) is 0 Å². The van der Waals surface area contributed by atoms with Crippen molar-refractivity contribution in [2.75, 3.05) is 7.11 Å². The quantitative estimate of drug-likeness (QED) is 0.753. The summed E-state index contributed by atoms with van der Waals surface area (Å²) >= 11 is 0. The Hall–Kier alpha value is -1.84. The highest BCUT2D eigenvalue weighted by molar-refractivity contribution is 5.90. The minimum atomic E-state index is -0.423. The molecule has 4 heteroatoms. The van der Waals surface area contributed by atoms with E-state index in [2.05, 4.69) is 4.74 Å². The maximum absolute atomic E-state index is 11.2. The molecular weight excluding hydrogens is 194 g/mol. The van der Waals surface area contributed by atoms with Crippen molar-refractivity contribution in [3.63, 3.8) is 0 Å². The Labute approximate surface area is 88.0 Å². The molecule has 80 valence electrons. The Bertz CT molecular complexity index is 387. The number of carbonyl (C=O) groups is 2. The number of esters is 1. The van der Waals surface area contributed by atoms with Crippen molar-refractivity contribution < 1.29 is 14.3 Å². The molecule has 4 nitrogen and oxygen atoms in total. The zero-order valence-electron chi connectivity index (χ0n) is 8.69. The molecule has 0 radical (unpaired) electrons. The Morgan fingerprint density at radius 1 is 1.40 bits per heavy atom. The number of rotatable bonds is 3. The third kappa shape index (κ3) is 2.56. The van der Waals surface area contributed by atoms with Crippen LogP contribution in [0, 0.1) is 0 Å². The van der Waals surface area contributed by atoms with Gasteiger partial charge in [-0.3, -0.25) is 4.79 Å². The zero-order valence-corrected chi connectivity index (χ0v) is 8.69. The molecule has 1 unspecified atom stereocenters. The molecule has 1 aromatic carbocycles. The molecule has 0 aliphatic rings. The van der Waals surface area contributed by atoms with E-state index in [9.17, 15) is 9.59 Å². The summed E-state index contributed by atoms with van der Waals surface area (Å²) in [6, 6.07) is 6.69. The smallest absolute Gasteiger partial charge is 0.337 e. The molecule has 0 heterocycles. The van der Waals surface area contributed by atoms with Gasteiger partial charge in [0.05, 0.1) is 18.6 Å². The number of nitrogens with two attached hydrogens (primary N) is 1. The van der Waals surface area contributed by atoms with Gasteiger partial charge in [-0.1, -0.05) is 12.1 Å². The van der Waals surface area contributed by atoms with Gasteiger partial charge in [-0.2, -0.15) is 0 Å². The topological polar surface area (TPSA) is 69.4 Å². The number of benzene rings is 1. The fourth-order valence-electron chi connectivity index (χ4n) is 1.22. The molecule has 1 aromatic rings. The number of hydrogen-bond donors (Lipinski definition) is 1. The van der Waals surface area contributed by atoms with E-state index in [4.69, 9.17) is 5.73 Å². The van der Waals surface area contributed by atoms with Gasteiger partial charge >= 0.3 is 5.97 Å². The minimum absolute atomic E-state index is 0.408. The number of hydrogen-bond acceptors (Lipinski definition) is 3. The van der Waals surface area contributed by atoms with Crippen molar-refractivity contribution in [2.45, 2.75) is 12.8 Å². The number of amides is 1. The summed E-state index contributed by atoms with van der Waals surface area (Å²) in [5.74, 6) is -1.25. The molecule has 0 aliphatic carbocycles. The molecule has 0 bridgehead atoms. The van der Waals surface area contributed by atoms with Crippen LogP contribution in [0.4, 0.5) is 0 Å². The van der Waals surface area contributed by atoms with E-state index in [1.165, 1.54) is 7.11 Å². The lowest BCUT2D eigenvalue weighted by atomic mass is 9.99. The first-order valence-electron chi connectivity index (χ1n) is 4.54. The van der Waals surface area contributed by atoms with Crippen molar-refractivity contribution >= 4 is 11.9 Å². The van der Waals surface area contributed by atoms with Crippen LogP contribution in [0.2, 0.25) is 0 Å². The Morgan fingerprint density at radius 2 is 2.07 bits per heavy atom. The van der Waals surface area contributed by atoms with E-state index >= 15 is 0 Å². The van der Waals surface area contributed by atoms with E-state index in [1.54, 1.807) is 31.2 Å². The van der Waals surface area contributed by atoms with Crippen molar-refractivity contribution in [1.29, 1.82) is 0 Å². The second kappa shape index (κ2) is 4.59. The normalized spacial score (nSPS) is 11.9. The van der Waals surface area contributed by atoms with Gasteiger partial charge in [0.25, 0.3) is 0 Å². The van der Waals surface area contributed by atoms with Gasteiger partial charge in [0.1, 0.15) is 0 Å². The van der Waals surface area contributed by atoms with Gasteiger partial charge in [-0.25, -0.2) is 4.79 Å². The minimum Gasteiger partial charge on any atom is -0.465 e. The fourth-order valence-corrected chi connectivity index (χ4v) is 1.22. The van der Waals surface area contributed by atoms with E-state index in [0.717, 1.165) is 0 Å². The molecule has 0 aromatic heterocycles. The van der Waals surface area contributed by atoms with Crippen LogP contribution in [-0.4, -0.2) is 19.0 Å². The molecule has 0 saturated carbocycles. The van der Waals surface area contributed by atoms with Crippen molar-refractivity contribution in [3.05, 3.63) is 35.4 Å². The van der Waals surface area contributed by atoms with Gasteiger partial charge in [-0.05, 0) is 24.6 Å². The van der Waals surface area contributed by atoms with Crippen LogP contribution in [0.5, 0.6) is 0 Å². The highest BCUT2D eigenvalue weighted by atomic mass is 16.5. The van der Waals surface area contributed by atoms with Crippen LogP contribution in [0.3, 0.4) is 0 Å². The molecule has 2 N–H and O–H groups in total. The summed E-state index contributed by atoms with van der Waals surface area (Å²) in [4.78, 5) is 22.2. The van der Waals surface area contributed by atoms with Crippen molar-refractivity contribution in [3.8, 4) is 0 Å². The average molecular weight is 207 g/mol. The van der Waals surface area contributed by atoms with Crippen molar-refractivity contribution in [1.82, 2.24) is 0 Å². The van der Waals surface area contributed by atoms with Crippen LogP contribution >= 0.6 is 0 Å². The molecule has 1 rings (SSSR count). The first-order chi connectivity index (χ1) is 7.06. The molecule has 1 atom stereocenters. The molecule has 0 aliphatic heterocycles. The van der Waals surface area contributed by atoms with Crippen molar-refractivity contribution in [2.24, 2.45) is 5.73 Å². The average Bonchev–Trinajstić information content (AvgIpc) is 2.27. The van der Waals surface area contributed by atoms with E-state index < -0.39 is 17.8 Å². The number of ether oxygens (including phenoxy) is 1. The van der Waals surface area contributed by atoms with Crippen LogP contribution in [0.15, 0.2) is 24.3 Å². The summed E-state index contributed by atoms with van der Waals surface area (Å²) in [6.45, 7) is 1.69. The second-order valence-electron chi connectivity index (χ2n) is 3.24. The number of carbonyl (C=O) groups excluding carboxylic acids is 2. The summed E-state index contributed by atoms with van der Waals surface area (Å²) in [5, 5.41) is 0. The Morgan fingerprint density at radius 3 is 2.60 bits per heavy atom. The standard InChI is InChI=1S/C11H13NO3/c1-7(10(12)13)8-4-3-5-9(6-8)11(14)15-2/h3-7H,1-2H3,(H2,12,13). The maximum atomic E-state index is 11.2. The van der Waals surface area contributed by atoms with Gasteiger partial charge < -0.3 is 10.5 Å². The fraction of sp³-hybridized carbons (Fsp3) is 0.273. The predicted octanol–water partition coefficient (Wildman–Crippen LogP) is 1.06. The third-order valence-electron chi connectivity index (χ3n) is 2.23. The lowest BCUT2D eigenvalue weighted by Crippen LogP contribution is -2.19. The summed E-state index contributed by atoms with van der Waals surface area (Å²) in [6.07, 6.45) is 0. The van der Waals surface area contributed by atoms with Crippen LogP contribution in [0.1, 0.15) is 28.8 Å². The predicted molar refractivity (Wildman–Crippen MR) is 55.4 cm³/mol. The third-order valence-corrected chi connectivity index (χ3v) is 2.23. The first-order valence-corrected chi connectivity index (χ1v) is 4.54. The van der Waals surface area contributed by atoms with Crippen LogP contribution < -0.4 is 5.73 Å². The van der Waals surface area contributed by atoms with Gasteiger partial charge in [-0.15, -0.1) is 0 Å². The molecule has 0 spiro atoms. The highest BCUT2D eigenvalue weighted by Gasteiger charge is 2.13. The van der Waals surface area contributed by atoms with Gasteiger partial charge in [0.2, 0.25) is 5.91 Å². The zero-order chi connectivity index (χ0) is 11.4. The largest absolute Gasteiger partial charge is 0.465 e. The molecule has 1 amide bonds. The molecule has 15 heavy (non-hydrogen) atoms. The molecular formula is C11H13NO3. The van der Waals surface area contributed by atoms with Gasteiger partial charge in [0.15, 0.2) is 0 Å². The SMILES string of the molecule is COC(=O)c1cccc(C(C)C(N)=O)c1. The van der Waals surface area contributed by atoms with Gasteiger partial charge in [0, 0.05) is 0 Å². The van der Waals surface area contributed by atoms with Crippen LogP contribution in [-0.2, 0) is 9.53 Å². The lowest BCUT2D eigenvalue weighted by Gasteiger charge is -2.08. The van der Waals surface area contributed by atoms with Crippen LogP contribution in [0.25, 0.3) is 0 Å². The highest BCUT2D eigenvalue weighted by Crippen LogP contribution is 2.16. The summed E-state index contributed by atoms with van der Waals surface area (Å²) in [7, 11) is 1.31. The monoisotopic (exact) mass is 207 g/mol. The van der Waals surface area contributed by atoms with E-state index in [0.29, 0.717) is 11.1 Å². The Balaban J connectivity index is 3.02. The van der Waals surface area contributed by atoms with E-state index in [1.807, 2.05) is 0 Å². The number of methoxy groups -OCH3 is 1. The molecule has 0 saturated heterocycles. The first kappa shape index (κ1) is 11.2. The maximum Gasteiger partial charge on any atom is 0.337 e. The lowest BCUT2D eigenvalue weighted by molar-refractivity contribution is -0.119. The second-order valence-corrected chi connectivity index (χ2v) is 3.24. The summed E-state index contributed by atoms with van der Waals surface area (Å²) < 4.78 is 4.58. The number of primary amides is 1.